The van der Waals surface area contributed by atoms with Crippen molar-refractivity contribution in [1.29, 1.82) is 0 Å². The van der Waals surface area contributed by atoms with E-state index < -0.39 is 8.80 Å². The van der Waals surface area contributed by atoms with Crippen molar-refractivity contribution in [1.82, 2.24) is 9.80 Å². The first kappa shape index (κ1) is 18.0. The molecule has 0 radical (unpaired) electrons. The second-order valence-corrected chi connectivity index (χ2v) is 8.06. The van der Waals surface area contributed by atoms with E-state index in [1.165, 1.54) is 0 Å². The predicted molar refractivity (Wildman–Crippen MR) is 80.7 cm³/mol. The maximum atomic E-state index is 5.44. The van der Waals surface area contributed by atoms with E-state index in [0.717, 1.165) is 58.5 Å². The van der Waals surface area contributed by atoms with E-state index in [9.17, 15) is 0 Å². The van der Waals surface area contributed by atoms with Crippen molar-refractivity contribution in [2.45, 2.75) is 19.4 Å². The molecular weight excluding hydrogens is 276 g/mol. The van der Waals surface area contributed by atoms with E-state index >= 15 is 0 Å². The fourth-order valence-electron chi connectivity index (χ4n) is 2.49. The molecule has 6 nitrogen and oxygen atoms in total. The molecular formula is C13H30N2O4Si. The molecule has 1 rings (SSSR count). The first-order valence-corrected chi connectivity index (χ1v) is 9.30. The molecule has 0 unspecified atom stereocenters. The van der Waals surface area contributed by atoms with Crippen molar-refractivity contribution in [3.05, 3.63) is 0 Å². The third-order valence-electron chi connectivity index (χ3n) is 3.78. The van der Waals surface area contributed by atoms with Crippen LogP contribution in [0.3, 0.4) is 0 Å². The quantitative estimate of drug-likeness (QED) is 0.417. The van der Waals surface area contributed by atoms with Crippen molar-refractivity contribution in [2.75, 3.05) is 67.4 Å². The molecule has 0 aliphatic carbocycles. The molecule has 0 aromatic carbocycles. The zero-order valence-electron chi connectivity index (χ0n) is 13.4. The monoisotopic (exact) mass is 306 g/mol. The Morgan fingerprint density at radius 3 is 2.10 bits per heavy atom. The molecule has 0 aromatic rings. The average molecular weight is 306 g/mol. The number of hydrogen-bond donors (Lipinski definition) is 0. The normalized spacial score (nSPS) is 18.0. The minimum absolute atomic E-state index is 0.801. The number of nitrogens with zero attached hydrogens (tertiary/aromatic N) is 2. The summed E-state index contributed by atoms with van der Waals surface area (Å²) < 4.78 is 21.7. The lowest BCUT2D eigenvalue weighted by Crippen LogP contribution is -2.43. The number of rotatable bonds is 11. The summed E-state index contributed by atoms with van der Waals surface area (Å²) in [5, 5.41) is 0. The third kappa shape index (κ3) is 5.77. The van der Waals surface area contributed by atoms with E-state index in [4.69, 9.17) is 18.0 Å². The van der Waals surface area contributed by atoms with Crippen LogP contribution in [0.4, 0.5) is 0 Å². The molecule has 7 heteroatoms. The van der Waals surface area contributed by atoms with Gasteiger partial charge in [0.2, 0.25) is 0 Å². The third-order valence-corrected chi connectivity index (χ3v) is 6.61. The molecule has 1 saturated heterocycles. The van der Waals surface area contributed by atoms with E-state index in [0.29, 0.717) is 0 Å². The molecule has 0 N–H and O–H groups in total. The first-order chi connectivity index (χ1) is 9.69. The highest BCUT2D eigenvalue weighted by atomic mass is 28.4. The van der Waals surface area contributed by atoms with Gasteiger partial charge in [-0.3, -0.25) is 9.80 Å². The maximum Gasteiger partial charge on any atom is 0.500 e. The molecule has 1 heterocycles. The van der Waals surface area contributed by atoms with Gasteiger partial charge in [0.25, 0.3) is 0 Å². The Morgan fingerprint density at radius 1 is 0.950 bits per heavy atom. The molecule has 1 aliphatic heterocycles. The van der Waals surface area contributed by atoms with Crippen LogP contribution in [0.1, 0.15) is 13.3 Å². The molecule has 1 fully saturated rings. The van der Waals surface area contributed by atoms with Crippen LogP contribution in [0.5, 0.6) is 0 Å². The lowest BCUT2D eigenvalue weighted by molar-refractivity contribution is 0.113. The first-order valence-electron chi connectivity index (χ1n) is 7.37. The summed E-state index contributed by atoms with van der Waals surface area (Å²) in [4.78, 5) is 4.90. The van der Waals surface area contributed by atoms with Gasteiger partial charge in [-0.15, -0.1) is 0 Å². The largest absolute Gasteiger partial charge is 0.500 e. The van der Waals surface area contributed by atoms with Crippen molar-refractivity contribution >= 4 is 8.80 Å². The lowest BCUT2D eigenvalue weighted by Gasteiger charge is -2.25. The van der Waals surface area contributed by atoms with E-state index in [1.807, 2.05) is 6.92 Å². The zero-order valence-corrected chi connectivity index (χ0v) is 14.4. The highest BCUT2D eigenvalue weighted by Crippen LogP contribution is 2.16. The fourth-order valence-corrected chi connectivity index (χ4v) is 4.19. The summed E-state index contributed by atoms with van der Waals surface area (Å²) in [6.45, 7) is 9.06. The molecule has 0 amide bonds. The molecule has 0 aromatic heterocycles. The Morgan fingerprint density at radius 2 is 1.55 bits per heavy atom. The fraction of sp³-hybridized carbons (Fsp3) is 1.00. The summed E-state index contributed by atoms with van der Waals surface area (Å²) in [6, 6.07) is 0.867. The van der Waals surface area contributed by atoms with Crippen molar-refractivity contribution in [2.24, 2.45) is 0 Å². The SMILES string of the molecule is CCOCCN1CCN(CCC[Si](OC)(OC)OC)C1. The lowest BCUT2D eigenvalue weighted by atomic mass is 10.4. The predicted octanol–water partition coefficient (Wildman–Crippen LogP) is 0.866. The summed E-state index contributed by atoms with van der Waals surface area (Å²) in [5.74, 6) is 0. The Bertz CT molecular complexity index is 246. The summed E-state index contributed by atoms with van der Waals surface area (Å²) in [5.41, 5.74) is 0. The Hall–Kier alpha value is -0.0231. The van der Waals surface area contributed by atoms with Crippen molar-refractivity contribution in [3.63, 3.8) is 0 Å². The van der Waals surface area contributed by atoms with Crippen LogP contribution < -0.4 is 0 Å². The van der Waals surface area contributed by atoms with Crippen LogP contribution >= 0.6 is 0 Å². The summed E-state index contributed by atoms with van der Waals surface area (Å²) >= 11 is 0. The van der Waals surface area contributed by atoms with Gasteiger partial charge in [0.05, 0.1) is 13.3 Å². The Kier molecular flexibility index (Phi) is 8.86. The molecule has 20 heavy (non-hydrogen) atoms. The molecule has 0 atom stereocenters. The van der Waals surface area contributed by atoms with E-state index in [1.54, 1.807) is 21.3 Å². The molecule has 1 aliphatic rings. The van der Waals surface area contributed by atoms with Gasteiger partial charge in [0, 0.05) is 53.6 Å². The van der Waals surface area contributed by atoms with Crippen LogP contribution in [0.25, 0.3) is 0 Å². The van der Waals surface area contributed by atoms with Crippen LogP contribution in [0, 0.1) is 0 Å². The Balaban J connectivity index is 2.17. The molecule has 0 saturated carbocycles. The zero-order chi connectivity index (χ0) is 14.8. The Labute approximate surface area is 124 Å². The molecule has 0 bridgehead atoms. The number of hydrogen-bond acceptors (Lipinski definition) is 6. The second-order valence-electron chi connectivity index (χ2n) is 4.97. The standard InChI is InChI=1S/C13H30N2O4Si/c1-5-19-11-10-15-9-8-14(13-15)7-6-12-20(16-2,17-3)18-4/h5-13H2,1-4H3. The summed E-state index contributed by atoms with van der Waals surface area (Å²) in [7, 11) is 2.62. The molecule has 0 spiro atoms. The van der Waals surface area contributed by atoms with Crippen molar-refractivity contribution < 1.29 is 18.0 Å². The van der Waals surface area contributed by atoms with E-state index in [2.05, 4.69) is 9.80 Å². The molecule has 120 valence electrons. The van der Waals surface area contributed by atoms with Crippen molar-refractivity contribution in [3.8, 4) is 0 Å². The highest BCUT2D eigenvalue weighted by molar-refractivity contribution is 6.60. The maximum absolute atomic E-state index is 5.44. The second kappa shape index (κ2) is 9.83. The van der Waals surface area contributed by atoms with Crippen LogP contribution in [0.2, 0.25) is 6.04 Å². The minimum Gasteiger partial charge on any atom is -0.380 e. The van der Waals surface area contributed by atoms with Crippen LogP contribution in [-0.2, 0) is 18.0 Å². The topological polar surface area (TPSA) is 43.4 Å². The van der Waals surface area contributed by atoms with Crippen LogP contribution in [-0.4, -0.2) is 86.0 Å². The van der Waals surface area contributed by atoms with Gasteiger partial charge in [-0.05, 0) is 19.9 Å². The minimum atomic E-state index is -2.39. The number of ether oxygens (including phenoxy) is 1. The van der Waals surface area contributed by atoms with Gasteiger partial charge >= 0.3 is 8.80 Å². The average Bonchev–Trinajstić information content (AvgIpc) is 2.92. The summed E-state index contributed by atoms with van der Waals surface area (Å²) in [6.07, 6.45) is 1.04. The smallest absolute Gasteiger partial charge is 0.380 e. The van der Waals surface area contributed by atoms with Crippen LogP contribution in [0.15, 0.2) is 0 Å². The van der Waals surface area contributed by atoms with Gasteiger partial charge in [-0.2, -0.15) is 0 Å². The van der Waals surface area contributed by atoms with Gasteiger partial charge in [-0.1, -0.05) is 0 Å². The van der Waals surface area contributed by atoms with Gasteiger partial charge in [-0.25, -0.2) is 0 Å². The van der Waals surface area contributed by atoms with Gasteiger partial charge < -0.3 is 18.0 Å². The van der Waals surface area contributed by atoms with E-state index in [-0.39, 0.29) is 0 Å². The highest BCUT2D eigenvalue weighted by Gasteiger charge is 2.37. The van der Waals surface area contributed by atoms with Gasteiger partial charge in [0.15, 0.2) is 0 Å². The van der Waals surface area contributed by atoms with Gasteiger partial charge in [0.1, 0.15) is 0 Å².